The number of benzene rings is 2. The molecule has 1 heterocycles. The third-order valence-corrected chi connectivity index (χ3v) is 5.04. The zero-order valence-corrected chi connectivity index (χ0v) is 15.4. The van der Waals surface area contributed by atoms with Crippen molar-refractivity contribution in [2.75, 3.05) is 18.4 Å². The van der Waals surface area contributed by atoms with Crippen molar-refractivity contribution in [2.24, 2.45) is 5.41 Å². The normalized spacial score (nSPS) is 19.3. The fourth-order valence-corrected chi connectivity index (χ4v) is 3.43. The highest BCUT2D eigenvalue weighted by Crippen LogP contribution is 2.33. The summed E-state index contributed by atoms with van der Waals surface area (Å²) >= 11 is 0. The van der Waals surface area contributed by atoms with Crippen molar-refractivity contribution in [2.45, 2.75) is 32.3 Å². The van der Waals surface area contributed by atoms with E-state index in [9.17, 15) is 9.59 Å². The van der Waals surface area contributed by atoms with Crippen molar-refractivity contribution in [1.29, 1.82) is 0 Å². The Kier molecular flexibility index (Phi) is 6.60. The van der Waals surface area contributed by atoms with Gasteiger partial charge in [-0.25, -0.2) is 0 Å². The number of carbonyl (C=O) groups is 2. The first kappa shape index (κ1) is 19.1. The van der Waals surface area contributed by atoms with Crippen LogP contribution in [0.4, 0.5) is 5.69 Å². The van der Waals surface area contributed by atoms with E-state index in [1.165, 1.54) is 0 Å². The van der Waals surface area contributed by atoms with E-state index in [-0.39, 0.29) is 24.9 Å². The van der Waals surface area contributed by atoms with Gasteiger partial charge in [0.05, 0.1) is 5.41 Å². The highest BCUT2D eigenvalue weighted by Gasteiger charge is 2.39. The van der Waals surface area contributed by atoms with Gasteiger partial charge in [-0.2, -0.15) is 0 Å². The van der Waals surface area contributed by atoms with Crippen molar-refractivity contribution in [1.82, 2.24) is 5.32 Å². The van der Waals surface area contributed by atoms with Gasteiger partial charge in [0.15, 0.2) is 0 Å². The van der Waals surface area contributed by atoms with Gasteiger partial charge < -0.3 is 15.4 Å². The Labute approximate surface area is 160 Å². The van der Waals surface area contributed by atoms with Crippen LogP contribution in [-0.4, -0.2) is 25.0 Å². The molecule has 5 nitrogen and oxygen atoms in total. The molecule has 2 aromatic rings. The summed E-state index contributed by atoms with van der Waals surface area (Å²) in [6.45, 7) is 1.75. The van der Waals surface area contributed by atoms with Crippen molar-refractivity contribution < 1.29 is 14.3 Å². The Morgan fingerprint density at radius 1 is 1.04 bits per heavy atom. The number of hydrogen-bond donors (Lipinski definition) is 2. The molecule has 0 saturated carbocycles. The van der Waals surface area contributed by atoms with Crippen LogP contribution in [0.5, 0.6) is 0 Å². The molecule has 3 rings (SSSR count). The number of para-hydroxylation sites is 1. The third-order valence-electron chi connectivity index (χ3n) is 5.04. The summed E-state index contributed by atoms with van der Waals surface area (Å²) < 4.78 is 5.37. The molecule has 0 bridgehead atoms. The summed E-state index contributed by atoms with van der Waals surface area (Å²) in [5.74, 6) is -0.298. The van der Waals surface area contributed by atoms with Gasteiger partial charge >= 0.3 is 5.97 Å². The van der Waals surface area contributed by atoms with Gasteiger partial charge in [0.25, 0.3) is 0 Å². The van der Waals surface area contributed by atoms with Gasteiger partial charge in [0, 0.05) is 18.7 Å². The first-order chi connectivity index (χ1) is 13.2. The quantitative estimate of drug-likeness (QED) is 0.736. The second-order valence-corrected chi connectivity index (χ2v) is 7.03. The van der Waals surface area contributed by atoms with Crippen LogP contribution in [-0.2, 0) is 20.9 Å². The van der Waals surface area contributed by atoms with E-state index in [0.29, 0.717) is 13.0 Å². The Balaban J connectivity index is 1.57. The molecule has 0 radical (unpaired) electrons. The number of nitrogens with one attached hydrogen (secondary N) is 2. The van der Waals surface area contributed by atoms with E-state index in [1.807, 2.05) is 60.7 Å². The minimum atomic E-state index is -0.583. The van der Waals surface area contributed by atoms with E-state index >= 15 is 0 Å². The minimum absolute atomic E-state index is 0.0308. The predicted octanol–water partition coefficient (Wildman–Crippen LogP) is 3.52. The molecule has 27 heavy (non-hydrogen) atoms. The molecule has 1 saturated heterocycles. The predicted molar refractivity (Wildman–Crippen MR) is 105 cm³/mol. The molecule has 1 aliphatic heterocycles. The van der Waals surface area contributed by atoms with Crippen LogP contribution in [0.2, 0.25) is 0 Å². The van der Waals surface area contributed by atoms with Gasteiger partial charge in [-0.15, -0.1) is 0 Å². The molecule has 1 atom stereocenters. The fourth-order valence-electron chi connectivity index (χ4n) is 3.43. The monoisotopic (exact) mass is 366 g/mol. The van der Waals surface area contributed by atoms with E-state index in [4.69, 9.17) is 4.74 Å². The molecule has 2 aromatic carbocycles. The van der Waals surface area contributed by atoms with E-state index in [0.717, 1.165) is 30.6 Å². The Bertz CT molecular complexity index is 741. The molecule has 1 fully saturated rings. The Morgan fingerprint density at radius 3 is 2.41 bits per heavy atom. The van der Waals surface area contributed by atoms with Crippen molar-refractivity contribution in [3.05, 3.63) is 66.2 Å². The van der Waals surface area contributed by atoms with Crippen LogP contribution >= 0.6 is 0 Å². The average Bonchev–Trinajstić information content (AvgIpc) is 2.73. The molecule has 0 aromatic heterocycles. The average molecular weight is 366 g/mol. The smallest absolute Gasteiger partial charge is 0.306 e. The topological polar surface area (TPSA) is 67.4 Å². The van der Waals surface area contributed by atoms with Crippen LogP contribution in [0.1, 0.15) is 31.2 Å². The molecule has 1 unspecified atom stereocenters. The van der Waals surface area contributed by atoms with Crippen LogP contribution < -0.4 is 10.6 Å². The standard InChI is InChI=1S/C22H26N2O3/c25-20(27-16-18-8-3-1-4-9-18)12-14-22(13-7-15-23-17-22)21(26)24-19-10-5-2-6-11-19/h1-6,8-11,23H,7,12-17H2,(H,24,26). The van der Waals surface area contributed by atoms with Crippen molar-refractivity contribution in [3.8, 4) is 0 Å². The largest absolute Gasteiger partial charge is 0.461 e. The maximum Gasteiger partial charge on any atom is 0.306 e. The molecule has 0 spiro atoms. The number of rotatable bonds is 7. The number of carbonyl (C=O) groups excluding carboxylic acids is 2. The van der Waals surface area contributed by atoms with Crippen molar-refractivity contribution in [3.63, 3.8) is 0 Å². The Hall–Kier alpha value is -2.66. The zero-order chi connectivity index (χ0) is 19.0. The molecular formula is C22H26N2O3. The number of esters is 1. The molecule has 2 N–H and O–H groups in total. The fraction of sp³-hybridized carbons (Fsp3) is 0.364. The molecular weight excluding hydrogens is 340 g/mol. The summed E-state index contributed by atoms with van der Waals surface area (Å²) in [7, 11) is 0. The lowest BCUT2D eigenvalue weighted by molar-refractivity contribution is -0.146. The van der Waals surface area contributed by atoms with Gasteiger partial charge in [-0.1, -0.05) is 48.5 Å². The van der Waals surface area contributed by atoms with E-state index in [2.05, 4.69) is 10.6 Å². The lowest BCUT2D eigenvalue weighted by Gasteiger charge is -2.36. The molecule has 1 amide bonds. The summed E-state index contributed by atoms with van der Waals surface area (Å²) in [4.78, 5) is 25.2. The highest BCUT2D eigenvalue weighted by atomic mass is 16.5. The van der Waals surface area contributed by atoms with Gasteiger partial charge in [0.1, 0.15) is 6.61 Å². The van der Waals surface area contributed by atoms with Gasteiger partial charge in [-0.3, -0.25) is 9.59 Å². The summed E-state index contributed by atoms with van der Waals surface area (Å²) in [5, 5.41) is 6.31. The SMILES string of the molecule is O=C(CCC1(C(=O)Nc2ccccc2)CCCNC1)OCc1ccccc1. The summed E-state index contributed by atoms with van der Waals surface area (Å²) in [6, 6.07) is 19.0. The molecule has 142 valence electrons. The van der Waals surface area contributed by atoms with Crippen LogP contribution in [0, 0.1) is 5.41 Å². The number of amides is 1. The lowest BCUT2D eigenvalue weighted by atomic mass is 9.76. The second kappa shape index (κ2) is 9.33. The summed E-state index contributed by atoms with van der Waals surface area (Å²) in [5.41, 5.74) is 1.15. The number of anilines is 1. The van der Waals surface area contributed by atoms with Crippen LogP contribution in [0.25, 0.3) is 0 Å². The third kappa shape index (κ3) is 5.41. The van der Waals surface area contributed by atoms with Crippen LogP contribution in [0.3, 0.4) is 0 Å². The van der Waals surface area contributed by atoms with Gasteiger partial charge in [0.2, 0.25) is 5.91 Å². The minimum Gasteiger partial charge on any atom is -0.461 e. The van der Waals surface area contributed by atoms with E-state index in [1.54, 1.807) is 0 Å². The lowest BCUT2D eigenvalue weighted by Crippen LogP contribution is -2.48. The molecule has 5 heteroatoms. The highest BCUT2D eigenvalue weighted by molar-refractivity contribution is 5.95. The summed E-state index contributed by atoms with van der Waals surface area (Å²) in [6.07, 6.45) is 2.40. The number of piperidine rings is 1. The maximum atomic E-state index is 13.0. The van der Waals surface area contributed by atoms with Crippen LogP contribution in [0.15, 0.2) is 60.7 Å². The second-order valence-electron chi connectivity index (χ2n) is 7.03. The number of hydrogen-bond acceptors (Lipinski definition) is 4. The van der Waals surface area contributed by atoms with Crippen molar-refractivity contribution >= 4 is 17.6 Å². The zero-order valence-electron chi connectivity index (χ0n) is 15.4. The van der Waals surface area contributed by atoms with Gasteiger partial charge in [-0.05, 0) is 43.5 Å². The first-order valence-corrected chi connectivity index (χ1v) is 9.45. The van der Waals surface area contributed by atoms with E-state index < -0.39 is 5.41 Å². The molecule has 1 aliphatic rings. The first-order valence-electron chi connectivity index (χ1n) is 9.45. The maximum absolute atomic E-state index is 13.0. The Morgan fingerprint density at radius 2 is 1.74 bits per heavy atom. The number of ether oxygens (including phenoxy) is 1. The molecule has 0 aliphatic carbocycles.